The Hall–Kier alpha value is -7.84. The van der Waals surface area contributed by atoms with E-state index in [1.54, 1.807) is 18.2 Å². The van der Waals surface area contributed by atoms with Crippen molar-refractivity contribution in [3.05, 3.63) is 89.6 Å². The Labute approximate surface area is 427 Å². The van der Waals surface area contributed by atoms with Gasteiger partial charge in [-0.3, -0.25) is 64.0 Å². The van der Waals surface area contributed by atoms with Gasteiger partial charge in [-0.05, 0) is 81.2 Å². The summed E-state index contributed by atoms with van der Waals surface area (Å²) < 4.78 is 32.8. The van der Waals surface area contributed by atoms with Gasteiger partial charge in [0.1, 0.15) is 34.9 Å². The zero-order chi connectivity index (χ0) is 54.4. The van der Waals surface area contributed by atoms with Crippen molar-refractivity contribution in [3.63, 3.8) is 0 Å². The molecule has 4 rings (SSSR count). The van der Waals surface area contributed by atoms with Gasteiger partial charge in [0.15, 0.2) is 0 Å². The second-order valence-corrected chi connectivity index (χ2v) is 19.0. The molecule has 1 aliphatic rings. The molecule has 1 aromatic heterocycles. The van der Waals surface area contributed by atoms with E-state index in [-0.39, 0.29) is 79.5 Å². The summed E-state index contributed by atoms with van der Waals surface area (Å²) in [7, 11) is -4.50. The molecule has 0 spiro atoms. The minimum absolute atomic E-state index is 0.0170. The number of carboxylic acids is 1. The van der Waals surface area contributed by atoms with Gasteiger partial charge in [-0.1, -0.05) is 62.4 Å². The van der Waals surface area contributed by atoms with Crippen molar-refractivity contribution in [3.8, 4) is 0 Å². The van der Waals surface area contributed by atoms with Crippen LogP contribution in [-0.2, 0) is 54.9 Å². The van der Waals surface area contributed by atoms with Gasteiger partial charge in [-0.25, -0.2) is 4.98 Å². The molecule has 74 heavy (non-hydrogen) atoms. The Morgan fingerprint density at radius 2 is 1.58 bits per heavy atom. The number of hydrogen-bond donors (Lipinski definition) is 10. The highest BCUT2D eigenvalue weighted by Crippen LogP contribution is 2.19. The molecule has 4 atom stereocenters. The number of rotatable bonds is 27. The molecule has 1 aliphatic heterocycles. The number of aromatic nitrogens is 1. The number of anilines is 1. The average molecular weight is 1050 g/mol. The van der Waals surface area contributed by atoms with Gasteiger partial charge in [-0.15, -0.1) is 0 Å². The van der Waals surface area contributed by atoms with Gasteiger partial charge >= 0.3 is 5.97 Å². The monoisotopic (exact) mass is 1050 g/mol. The second-order valence-electron chi connectivity index (χ2n) is 17.6. The molecule has 11 N–H and O–H groups in total. The minimum atomic E-state index is -4.50. The first-order valence-electron chi connectivity index (χ1n) is 23.8. The van der Waals surface area contributed by atoms with Crippen molar-refractivity contribution in [2.24, 2.45) is 16.8 Å². The van der Waals surface area contributed by atoms with E-state index in [4.69, 9.17) is 10.8 Å². The Bertz CT molecular complexity index is 2600. The quantitative estimate of drug-likeness (QED) is 0.0269. The molecule has 2 heterocycles. The first kappa shape index (κ1) is 58.7. The molecule has 26 heteroatoms. The van der Waals surface area contributed by atoms with Crippen molar-refractivity contribution in [1.29, 1.82) is 0 Å². The number of nitrogens with two attached hydrogens (primary N) is 1. The van der Waals surface area contributed by atoms with Gasteiger partial charge in [0.25, 0.3) is 21.9 Å². The normalized spacial score (nSPS) is 14.5. The van der Waals surface area contributed by atoms with Gasteiger partial charge in [0.05, 0.1) is 31.3 Å². The number of pyridine rings is 1. The number of aliphatic carboxylic acids is 1. The van der Waals surface area contributed by atoms with Crippen LogP contribution in [0.4, 0.5) is 5.82 Å². The number of hydrazine groups is 1. The number of nitrogens with one attached hydrogen (secondary N) is 7. The van der Waals surface area contributed by atoms with Crippen LogP contribution in [0.3, 0.4) is 0 Å². The van der Waals surface area contributed by atoms with Crippen molar-refractivity contribution in [2.45, 2.75) is 101 Å². The number of carbonyl (C=O) groups is 9. The van der Waals surface area contributed by atoms with E-state index in [2.05, 4.69) is 47.6 Å². The molecule has 0 unspecified atom stereocenters. The summed E-state index contributed by atoms with van der Waals surface area (Å²) in [6.07, 6.45) is 3.55. The van der Waals surface area contributed by atoms with Gasteiger partial charge in [-0.2, -0.15) is 13.5 Å². The van der Waals surface area contributed by atoms with Crippen LogP contribution in [0.5, 0.6) is 0 Å². The highest BCUT2D eigenvalue weighted by Gasteiger charge is 2.37. The fourth-order valence-electron chi connectivity index (χ4n) is 7.63. The molecule has 1 fully saturated rings. The number of nitrogens with zero attached hydrogens (tertiary/aromatic N) is 4. The molecular weight excluding hydrogens is 985 g/mol. The van der Waals surface area contributed by atoms with Gasteiger partial charge in [0, 0.05) is 31.8 Å². The zero-order valence-corrected chi connectivity index (χ0v) is 42.1. The highest BCUT2D eigenvalue weighted by molar-refractivity contribution is 7.86. The Morgan fingerprint density at radius 1 is 0.878 bits per heavy atom. The maximum Gasteiger partial charge on any atom is 0.305 e. The second kappa shape index (κ2) is 29.0. The zero-order valence-electron chi connectivity index (χ0n) is 41.2. The van der Waals surface area contributed by atoms with E-state index in [9.17, 15) is 56.1 Å². The molecule has 0 bridgehead atoms. The lowest BCUT2D eigenvalue weighted by Gasteiger charge is -2.29. The topological polar surface area (TPSA) is 370 Å². The van der Waals surface area contributed by atoms with Crippen molar-refractivity contribution >= 4 is 75.4 Å². The smallest absolute Gasteiger partial charge is 0.305 e. The van der Waals surface area contributed by atoms with Crippen molar-refractivity contribution < 1.29 is 61.2 Å². The van der Waals surface area contributed by atoms with Gasteiger partial charge < -0.3 is 41.9 Å². The van der Waals surface area contributed by atoms with E-state index < -0.39 is 101 Å². The van der Waals surface area contributed by atoms with Gasteiger partial charge in [0.2, 0.25) is 35.4 Å². The summed E-state index contributed by atoms with van der Waals surface area (Å²) in [6, 6.07) is 12.9. The van der Waals surface area contributed by atoms with Crippen LogP contribution in [0.2, 0.25) is 0 Å². The standard InChI is InChI=1S/C48H64N12O13S/c1-30(2)25-37(47(69)58-57-44(66)34-18-20-40(50-26-34)56-52-27-33-13-7-8-16-39(33)74(71,72)73)55-46(68)36(19-17-32-11-5-4-6-12-32)53-41(62)28-51-45(67)35(14-9-22-49)54-48(70)38-15-10-23-60(38)42(63)29-59(31(3)61)24-21-43(64)65/h4-8,11-13,16,18,20,26-27,30,35-38H,9-10,14-15,17,19,21-25,28-29,49H2,1-3H3,(H,50,56)(H,51,67)(H,53,62)(H,54,70)(H,55,68)(H,57,66)(H,58,69)(H,64,65)(H,71,72,73)/b52-27+/t35-,36-,37-,38-/m0/s1. The Morgan fingerprint density at radius 3 is 2.23 bits per heavy atom. The molecule has 400 valence electrons. The fourth-order valence-corrected chi connectivity index (χ4v) is 8.30. The molecule has 1 saturated heterocycles. The van der Waals surface area contributed by atoms with E-state index in [1.165, 1.54) is 48.4 Å². The first-order chi connectivity index (χ1) is 35.2. The van der Waals surface area contributed by atoms with Crippen LogP contribution in [0.15, 0.2) is 82.9 Å². The first-order valence-corrected chi connectivity index (χ1v) is 25.2. The fraction of sp³-hybridized carbons (Fsp3) is 0.438. The third-order valence-corrected chi connectivity index (χ3v) is 12.4. The summed E-state index contributed by atoms with van der Waals surface area (Å²) in [4.78, 5) is 124. The van der Waals surface area contributed by atoms with E-state index in [0.717, 1.165) is 16.7 Å². The lowest BCUT2D eigenvalue weighted by atomic mass is 10.0. The summed E-state index contributed by atoms with van der Waals surface area (Å²) in [5.41, 5.74) is 13.9. The molecule has 0 saturated carbocycles. The average Bonchev–Trinajstić information content (AvgIpc) is 3.87. The summed E-state index contributed by atoms with van der Waals surface area (Å²) in [5, 5.41) is 23.5. The molecule has 0 aliphatic carbocycles. The molecule has 25 nitrogen and oxygen atoms in total. The van der Waals surface area contributed by atoms with Crippen LogP contribution in [0, 0.1) is 5.92 Å². The maximum atomic E-state index is 14.0. The summed E-state index contributed by atoms with van der Waals surface area (Å²) in [6.45, 7) is 3.91. The summed E-state index contributed by atoms with van der Waals surface area (Å²) in [5.74, 6) is -6.66. The van der Waals surface area contributed by atoms with Crippen LogP contribution in [-0.4, -0.2) is 149 Å². The number of hydrazone groups is 1. The third-order valence-electron chi connectivity index (χ3n) is 11.5. The largest absolute Gasteiger partial charge is 0.481 e. The van der Waals surface area contributed by atoms with E-state index >= 15 is 0 Å². The maximum absolute atomic E-state index is 14.0. The lowest BCUT2D eigenvalue weighted by Crippen LogP contribution is -2.57. The number of amides is 8. The Kier molecular flexibility index (Phi) is 23.0. The predicted molar refractivity (Wildman–Crippen MR) is 268 cm³/mol. The predicted octanol–water partition coefficient (Wildman–Crippen LogP) is -0.162. The van der Waals surface area contributed by atoms with Crippen LogP contribution < -0.4 is 43.3 Å². The molecule has 8 amide bonds. The number of carbonyl (C=O) groups excluding carboxylic acids is 8. The Balaban J connectivity index is 1.37. The molecular formula is C48H64N12O13S. The minimum Gasteiger partial charge on any atom is -0.481 e. The number of likely N-dealkylation sites (tertiary alicyclic amines) is 1. The SMILES string of the molecule is CC(=O)N(CCC(=O)O)CC(=O)N1CCC[C@H]1C(=O)N[C@@H](CCCN)C(=O)NCC(=O)N[C@@H](CCc1ccccc1)C(=O)N[C@@H](CC(C)C)C(=O)NNC(=O)c1ccc(N/N=C/c2ccccc2S(=O)(=O)O)nc1. The third kappa shape index (κ3) is 19.3. The molecule has 0 radical (unpaired) electrons. The summed E-state index contributed by atoms with van der Waals surface area (Å²) >= 11 is 0. The van der Waals surface area contributed by atoms with Crippen molar-refractivity contribution in [2.75, 3.05) is 38.1 Å². The molecule has 2 aromatic carbocycles. The van der Waals surface area contributed by atoms with Crippen molar-refractivity contribution in [1.82, 2.24) is 46.9 Å². The highest BCUT2D eigenvalue weighted by atomic mass is 32.2. The van der Waals surface area contributed by atoms with Crippen LogP contribution in [0.25, 0.3) is 0 Å². The number of carboxylic acid groups (broad SMARTS) is 1. The van der Waals surface area contributed by atoms with Crippen LogP contribution in [0.1, 0.15) is 87.2 Å². The molecule has 3 aromatic rings. The lowest BCUT2D eigenvalue weighted by molar-refractivity contribution is -0.144. The van der Waals surface area contributed by atoms with Crippen LogP contribution >= 0.6 is 0 Å². The van der Waals surface area contributed by atoms with E-state index in [1.807, 2.05) is 32.0 Å². The van der Waals surface area contributed by atoms with E-state index in [0.29, 0.717) is 19.3 Å². The number of benzene rings is 2. The number of aryl methyl sites for hydroxylation is 1. The number of hydrogen-bond acceptors (Lipinski definition) is 15.